The second-order valence-electron chi connectivity index (χ2n) is 5.44. The van der Waals surface area contributed by atoms with Crippen molar-refractivity contribution in [3.8, 4) is 0 Å². The summed E-state index contributed by atoms with van der Waals surface area (Å²) >= 11 is 0. The Morgan fingerprint density at radius 1 is 0.950 bits per heavy atom. The number of hydrogen-bond donors (Lipinski definition) is 1. The molecule has 1 nitrogen and oxygen atoms in total. The predicted molar refractivity (Wildman–Crippen MR) is 80.9 cm³/mol. The molecule has 1 rings (SSSR count). The topological polar surface area (TPSA) is 12.0 Å². The van der Waals surface area contributed by atoms with Crippen LogP contribution in [-0.4, -0.2) is 12.6 Å². The SMILES string of the molecule is CCCCCCCC(Cc1cc(F)cc(F)c1)NCC. The van der Waals surface area contributed by atoms with Gasteiger partial charge >= 0.3 is 0 Å². The minimum atomic E-state index is -0.488. The van der Waals surface area contributed by atoms with Gasteiger partial charge in [-0.15, -0.1) is 0 Å². The highest BCUT2D eigenvalue weighted by atomic mass is 19.1. The van der Waals surface area contributed by atoms with Crippen LogP contribution in [0.25, 0.3) is 0 Å². The molecule has 1 aromatic carbocycles. The van der Waals surface area contributed by atoms with E-state index in [2.05, 4.69) is 19.2 Å². The Hall–Kier alpha value is -0.960. The highest BCUT2D eigenvalue weighted by Gasteiger charge is 2.10. The van der Waals surface area contributed by atoms with E-state index in [-0.39, 0.29) is 0 Å². The first kappa shape index (κ1) is 17.1. The smallest absolute Gasteiger partial charge is 0.126 e. The highest BCUT2D eigenvalue weighted by Crippen LogP contribution is 2.14. The quantitative estimate of drug-likeness (QED) is 0.605. The van der Waals surface area contributed by atoms with Crippen LogP contribution in [0.3, 0.4) is 0 Å². The second-order valence-corrected chi connectivity index (χ2v) is 5.44. The van der Waals surface area contributed by atoms with E-state index in [1.807, 2.05) is 0 Å². The molecule has 20 heavy (non-hydrogen) atoms. The summed E-state index contributed by atoms with van der Waals surface area (Å²) in [6.07, 6.45) is 8.00. The maximum atomic E-state index is 13.2. The fourth-order valence-corrected chi connectivity index (χ4v) is 2.57. The third-order valence-electron chi connectivity index (χ3n) is 3.55. The monoisotopic (exact) mass is 283 g/mol. The molecular weight excluding hydrogens is 256 g/mol. The maximum absolute atomic E-state index is 13.2. The zero-order valence-corrected chi connectivity index (χ0v) is 12.7. The summed E-state index contributed by atoms with van der Waals surface area (Å²) < 4.78 is 26.4. The second kappa shape index (κ2) is 9.87. The van der Waals surface area contributed by atoms with E-state index in [0.717, 1.165) is 24.6 Å². The van der Waals surface area contributed by atoms with Crippen molar-refractivity contribution in [1.29, 1.82) is 0 Å². The number of halogens is 2. The number of hydrogen-bond acceptors (Lipinski definition) is 1. The Morgan fingerprint density at radius 2 is 1.60 bits per heavy atom. The predicted octanol–water partition coefficient (Wildman–Crippen LogP) is 4.85. The normalized spacial score (nSPS) is 12.6. The molecule has 0 amide bonds. The van der Waals surface area contributed by atoms with Crippen molar-refractivity contribution in [2.75, 3.05) is 6.54 Å². The zero-order valence-electron chi connectivity index (χ0n) is 12.7. The van der Waals surface area contributed by atoms with Gasteiger partial charge in [0.15, 0.2) is 0 Å². The number of benzene rings is 1. The number of rotatable bonds is 10. The number of likely N-dealkylation sites (N-methyl/N-ethyl adjacent to an activating group) is 1. The Balaban J connectivity index is 2.44. The van der Waals surface area contributed by atoms with Gasteiger partial charge in [-0.1, -0.05) is 46.0 Å². The molecule has 0 bridgehead atoms. The van der Waals surface area contributed by atoms with Crippen LogP contribution in [0, 0.1) is 11.6 Å². The molecule has 0 radical (unpaired) electrons. The van der Waals surface area contributed by atoms with Gasteiger partial charge in [0.05, 0.1) is 0 Å². The van der Waals surface area contributed by atoms with Crippen molar-refractivity contribution in [1.82, 2.24) is 5.32 Å². The fraction of sp³-hybridized carbons (Fsp3) is 0.647. The van der Waals surface area contributed by atoms with E-state index < -0.39 is 11.6 Å². The summed E-state index contributed by atoms with van der Waals surface area (Å²) in [5.41, 5.74) is 0.738. The van der Waals surface area contributed by atoms with Crippen LogP contribution >= 0.6 is 0 Å². The summed E-state index contributed by atoms with van der Waals surface area (Å²) in [6.45, 7) is 5.16. The van der Waals surface area contributed by atoms with Gasteiger partial charge in [-0.25, -0.2) is 8.78 Å². The molecule has 3 heteroatoms. The van der Waals surface area contributed by atoms with Crippen LogP contribution in [0.5, 0.6) is 0 Å². The average Bonchev–Trinajstić information content (AvgIpc) is 2.37. The van der Waals surface area contributed by atoms with E-state index in [1.54, 1.807) is 0 Å². The third kappa shape index (κ3) is 6.99. The molecule has 1 aromatic rings. The van der Waals surface area contributed by atoms with Gasteiger partial charge in [-0.3, -0.25) is 0 Å². The molecule has 0 spiro atoms. The van der Waals surface area contributed by atoms with Gasteiger partial charge < -0.3 is 5.32 Å². The molecule has 1 atom stereocenters. The lowest BCUT2D eigenvalue weighted by atomic mass is 9.99. The van der Waals surface area contributed by atoms with Crippen LogP contribution in [0.15, 0.2) is 18.2 Å². The molecule has 1 N–H and O–H groups in total. The molecule has 0 saturated carbocycles. The lowest BCUT2D eigenvalue weighted by Gasteiger charge is -2.18. The molecule has 0 fully saturated rings. The summed E-state index contributed by atoms with van der Waals surface area (Å²) in [7, 11) is 0. The van der Waals surface area contributed by atoms with E-state index in [0.29, 0.717) is 12.5 Å². The van der Waals surface area contributed by atoms with Gasteiger partial charge in [0, 0.05) is 12.1 Å². The first-order valence-electron chi connectivity index (χ1n) is 7.84. The van der Waals surface area contributed by atoms with Crippen LogP contribution in [0.4, 0.5) is 8.78 Å². The van der Waals surface area contributed by atoms with Gasteiger partial charge in [0.1, 0.15) is 11.6 Å². The lowest BCUT2D eigenvalue weighted by molar-refractivity contribution is 0.459. The summed E-state index contributed by atoms with van der Waals surface area (Å²) in [4.78, 5) is 0. The van der Waals surface area contributed by atoms with Gasteiger partial charge in [-0.05, 0) is 37.1 Å². The minimum Gasteiger partial charge on any atom is -0.314 e. The zero-order chi connectivity index (χ0) is 14.8. The molecule has 0 aromatic heterocycles. The first-order valence-corrected chi connectivity index (χ1v) is 7.84. The van der Waals surface area contributed by atoms with Crippen LogP contribution in [0.2, 0.25) is 0 Å². The van der Waals surface area contributed by atoms with Gasteiger partial charge in [-0.2, -0.15) is 0 Å². The maximum Gasteiger partial charge on any atom is 0.126 e. The average molecular weight is 283 g/mol. The van der Waals surface area contributed by atoms with Crippen molar-refractivity contribution in [3.63, 3.8) is 0 Å². The van der Waals surface area contributed by atoms with E-state index >= 15 is 0 Å². The van der Waals surface area contributed by atoms with Crippen molar-refractivity contribution < 1.29 is 8.78 Å². The van der Waals surface area contributed by atoms with E-state index in [4.69, 9.17) is 0 Å². The molecule has 0 saturated heterocycles. The molecule has 114 valence electrons. The van der Waals surface area contributed by atoms with E-state index in [9.17, 15) is 8.78 Å². The Kier molecular flexibility index (Phi) is 8.43. The first-order chi connectivity index (χ1) is 9.65. The molecular formula is C17H27F2N. The number of unbranched alkanes of at least 4 members (excludes halogenated alkanes) is 4. The van der Waals surface area contributed by atoms with Crippen molar-refractivity contribution >= 4 is 0 Å². The Bertz CT molecular complexity index is 359. The van der Waals surface area contributed by atoms with Crippen LogP contribution in [0.1, 0.15) is 57.9 Å². The van der Waals surface area contributed by atoms with Crippen molar-refractivity contribution in [2.24, 2.45) is 0 Å². The minimum absolute atomic E-state index is 0.308. The third-order valence-corrected chi connectivity index (χ3v) is 3.55. The molecule has 1 unspecified atom stereocenters. The van der Waals surface area contributed by atoms with Crippen LogP contribution < -0.4 is 5.32 Å². The largest absolute Gasteiger partial charge is 0.314 e. The standard InChI is InChI=1S/C17H27F2N/c1-3-5-6-7-8-9-17(20-4-2)12-14-10-15(18)13-16(19)11-14/h10-11,13,17,20H,3-9,12H2,1-2H3. The summed E-state index contributed by atoms with van der Waals surface area (Å²) in [5, 5.41) is 3.42. The molecule has 0 aliphatic rings. The number of nitrogens with one attached hydrogen (secondary N) is 1. The van der Waals surface area contributed by atoms with Crippen molar-refractivity contribution in [2.45, 2.75) is 64.8 Å². The molecule has 0 aliphatic carbocycles. The Morgan fingerprint density at radius 3 is 2.20 bits per heavy atom. The summed E-state index contributed by atoms with van der Waals surface area (Å²) in [5.74, 6) is -0.976. The molecule has 0 heterocycles. The summed E-state index contributed by atoms with van der Waals surface area (Å²) in [6, 6.07) is 4.11. The van der Waals surface area contributed by atoms with Crippen LogP contribution in [-0.2, 0) is 6.42 Å². The van der Waals surface area contributed by atoms with Gasteiger partial charge in [0.25, 0.3) is 0 Å². The fourth-order valence-electron chi connectivity index (χ4n) is 2.57. The van der Waals surface area contributed by atoms with Gasteiger partial charge in [0.2, 0.25) is 0 Å². The van der Waals surface area contributed by atoms with Crippen molar-refractivity contribution in [3.05, 3.63) is 35.4 Å². The highest BCUT2D eigenvalue weighted by molar-refractivity contribution is 5.18. The molecule has 0 aliphatic heterocycles. The lowest BCUT2D eigenvalue weighted by Crippen LogP contribution is -2.31. The van der Waals surface area contributed by atoms with E-state index in [1.165, 1.54) is 44.2 Å². The Labute approximate surface area is 121 Å².